The molecule has 2 rings (SSSR count). The topological polar surface area (TPSA) is 100 Å². The molecule has 144 valence electrons. The van der Waals surface area contributed by atoms with Crippen molar-refractivity contribution in [1.29, 1.82) is 0 Å². The van der Waals surface area contributed by atoms with Crippen LogP contribution in [0.25, 0.3) is 0 Å². The standard InChI is InChI=1S/C20H25N3O4/c1-11-15(19(25)21-9-10-27-5)7-6-8-16(11)23-20(26)17-12(2)18(14(4)24)22-13(17)3/h6-8,22H,9-10H2,1-5H3,(H,21,25)(H,23,26). The molecule has 7 nitrogen and oxygen atoms in total. The molecule has 0 fully saturated rings. The number of carbonyl (C=O) groups is 3. The predicted octanol–water partition coefficient (Wildman–Crippen LogP) is 2.77. The van der Waals surface area contributed by atoms with E-state index in [1.165, 1.54) is 6.92 Å². The minimum atomic E-state index is -0.325. The number of methoxy groups -OCH3 is 1. The van der Waals surface area contributed by atoms with Gasteiger partial charge in [-0.1, -0.05) is 6.07 Å². The number of nitrogens with one attached hydrogen (secondary N) is 3. The maximum atomic E-state index is 12.8. The van der Waals surface area contributed by atoms with Crippen LogP contribution < -0.4 is 10.6 Å². The van der Waals surface area contributed by atoms with Crippen LogP contribution in [0.3, 0.4) is 0 Å². The van der Waals surface area contributed by atoms with Crippen molar-refractivity contribution >= 4 is 23.3 Å². The Labute approximate surface area is 158 Å². The van der Waals surface area contributed by atoms with E-state index in [0.717, 1.165) is 0 Å². The highest BCUT2D eigenvalue weighted by Crippen LogP contribution is 2.23. The number of hydrogen-bond donors (Lipinski definition) is 3. The molecule has 0 saturated carbocycles. The molecule has 0 saturated heterocycles. The number of aryl methyl sites for hydroxylation is 1. The molecule has 0 aliphatic rings. The molecule has 7 heteroatoms. The first kappa shape index (κ1) is 20.4. The molecular weight excluding hydrogens is 346 g/mol. The number of ether oxygens (including phenoxy) is 1. The van der Waals surface area contributed by atoms with E-state index in [1.807, 2.05) is 0 Å². The second-order valence-electron chi connectivity index (χ2n) is 6.36. The lowest BCUT2D eigenvalue weighted by Gasteiger charge is -2.13. The summed E-state index contributed by atoms with van der Waals surface area (Å²) in [6.07, 6.45) is 0. The molecule has 2 amide bonds. The minimum Gasteiger partial charge on any atom is -0.383 e. The summed E-state index contributed by atoms with van der Waals surface area (Å²) in [5.41, 5.74) is 3.80. The molecule has 0 unspecified atom stereocenters. The molecule has 3 N–H and O–H groups in total. The Bertz CT molecular complexity index is 884. The van der Waals surface area contributed by atoms with Gasteiger partial charge in [-0.3, -0.25) is 14.4 Å². The van der Waals surface area contributed by atoms with Gasteiger partial charge < -0.3 is 20.4 Å². The van der Waals surface area contributed by atoms with Crippen molar-refractivity contribution in [2.24, 2.45) is 0 Å². The van der Waals surface area contributed by atoms with Crippen LogP contribution in [-0.4, -0.2) is 42.8 Å². The highest BCUT2D eigenvalue weighted by atomic mass is 16.5. The van der Waals surface area contributed by atoms with E-state index in [4.69, 9.17) is 4.74 Å². The Hall–Kier alpha value is -2.93. The SMILES string of the molecule is COCCNC(=O)c1cccc(NC(=O)c2c(C)[nH]c(C(C)=O)c2C)c1C. The summed E-state index contributed by atoms with van der Waals surface area (Å²) in [5.74, 6) is -0.678. The molecule has 1 heterocycles. The van der Waals surface area contributed by atoms with Gasteiger partial charge in [0.15, 0.2) is 5.78 Å². The molecule has 2 aromatic rings. The fourth-order valence-electron chi connectivity index (χ4n) is 3.01. The van der Waals surface area contributed by atoms with E-state index < -0.39 is 0 Å². The third kappa shape index (κ3) is 4.43. The number of ketones is 1. The second kappa shape index (κ2) is 8.64. The summed E-state index contributed by atoms with van der Waals surface area (Å²) in [6, 6.07) is 5.15. The van der Waals surface area contributed by atoms with Crippen LogP contribution in [0.5, 0.6) is 0 Å². The third-order valence-electron chi connectivity index (χ3n) is 4.43. The number of anilines is 1. The van der Waals surface area contributed by atoms with E-state index in [9.17, 15) is 14.4 Å². The lowest BCUT2D eigenvalue weighted by molar-refractivity contribution is 0.0934. The van der Waals surface area contributed by atoms with E-state index >= 15 is 0 Å². The summed E-state index contributed by atoms with van der Waals surface area (Å²) >= 11 is 0. The van der Waals surface area contributed by atoms with Gasteiger partial charge in [-0.25, -0.2) is 0 Å². The van der Waals surface area contributed by atoms with Crippen molar-refractivity contribution in [2.45, 2.75) is 27.7 Å². The molecule has 0 bridgehead atoms. The second-order valence-corrected chi connectivity index (χ2v) is 6.36. The highest BCUT2D eigenvalue weighted by Gasteiger charge is 2.21. The number of Topliss-reactive ketones (excluding diaryl/α,β-unsaturated/α-hetero) is 1. The summed E-state index contributed by atoms with van der Waals surface area (Å²) in [4.78, 5) is 39.7. The molecule has 0 radical (unpaired) electrons. The number of rotatable bonds is 7. The third-order valence-corrected chi connectivity index (χ3v) is 4.43. The molecule has 0 atom stereocenters. The van der Waals surface area contributed by atoms with Crippen LogP contribution in [0.1, 0.15) is 54.9 Å². The van der Waals surface area contributed by atoms with Gasteiger partial charge in [-0.05, 0) is 44.0 Å². The largest absolute Gasteiger partial charge is 0.383 e. The quantitative estimate of drug-likeness (QED) is 0.515. The average molecular weight is 371 g/mol. The highest BCUT2D eigenvalue weighted by molar-refractivity contribution is 6.09. The Kier molecular flexibility index (Phi) is 6.52. The van der Waals surface area contributed by atoms with Gasteiger partial charge in [0.25, 0.3) is 11.8 Å². The minimum absolute atomic E-state index is 0.124. The van der Waals surface area contributed by atoms with E-state index in [2.05, 4.69) is 15.6 Å². The zero-order valence-corrected chi connectivity index (χ0v) is 16.3. The zero-order valence-electron chi connectivity index (χ0n) is 16.3. The number of H-pyrrole nitrogens is 1. The van der Waals surface area contributed by atoms with Crippen molar-refractivity contribution in [3.05, 3.63) is 51.8 Å². The number of aromatic nitrogens is 1. The van der Waals surface area contributed by atoms with Crippen LogP contribution in [0.2, 0.25) is 0 Å². The summed E-state index contributed by atoms with van der Waals surface area (Å²) < 4.78 is 4.93. The van der Waals surface area contributed by atoms with Crippen molar-refractivity contribution in [2.75, 3.05) is 25.6 Å². The number of amides is 2. The fourth-order valence-corrected chi connectivity index (χ4v) is 3.01. The van der Waals surface area contributed by atoms with Gasteiger partial charge in [0.05, 0.1) is 17.9 Å². The molecule has 27 heavy (non-hydrogen) atoms. The molecule has 0 spiro atoms. The molecule has 0 aliphatic heterocycles. The zero-order chi connectivity index (χ0) is 20.1. The summed E-state index contributed by atoms with van der Waals surface area (Å²) in [5, 5.41) is 5.62. The summed E-state index contributed by atoms with van der Waals surface area (Å²) in [6.45, 7) is 7.55. The van der Waals surface area contributed by atoms with E-state index in [1.54, 1.807) is 46.1 Å². The Morgan fingerprint density at radius 2 is 1.78 bits per heavy atom. The van der Waals surface area contributed by atoms with Crippen LogP contribution in [0, 0.1) is 20.8 Å². The van der Waals surface area contributed by atoms with Gasteiger partial charge in [-0.2, -0.15) is 0 Å². The van der Waals surface area contributed by atoms with Crippen LogP contribution in [-0.2, 0) is 4.74 Å². The van der Waals surface area contributed by atoms with Crippen LogP contribution in [0.15, 0.2) is 18.2 Å². The monoisotopic (exact) mass is 371 g/mol. The average Bonchev–Trinajstić information content (AvgIpc) is 2.91. The molecule has 1 aromatic carbocycles. The summed E-state index contributed by atoms with van der Waals surface area (Å²) in [7, 11) is 1.57. The molecule has 0 aliphatic carbocycles. The van der Waals surface area contributed by atoms with Crippen molar-refractivity contribution in [3.8, 4) is 0 Å². The van der Waals surface area contributed by atoms with Crippen molar-refractivity contribution in [1.82, 2.24) is 10.3 Å². The van der Waals surface area contributed by atoms with Gasteiger partial charge >= 0.3 is 0 Å². The number of benzene rings is 1. The lowest BCUT2D eigenvalue weighted by atomic mass is 10.0. The molecule has 1 aromatic heterocycles. The van der Waals surface area contributed by atoms with Crippen molar-refractivity contribution in [3.63, 3.8) is 0 Å². The number of aromatic amines is 1. The maximum absolute atomic E-state index is 12.8. The first-order chi connectivity index (χ1) is 12.8. The lowest BCUT2D eigenvalue weighted by Crippen LogP contribution is -2.28. The fraction of sp³-hybridized carbons (Fsp3) is 0.350. The van der Waals surface area contributed by atoms with Gasteiger partial charge in [0.2, 0.25) is 0 Å². The van der Waals surface area contributed by atoms with E-state index in [-0.39, 0.29) is 17.6 Å². The maximum Gasteiger partial charge on any atom is 0.257 e. The Morgan fingerprint density at radius 3 is 2.37 bits per heavy atom. The van der Waals surface area contributed by atoms with E-state index in [0.29, 0.717) is 52.5 Å². The normalized spacial score (nSPS) is 10.6. The smallest absolute Gasteiger partial charge is 0.257 e. The van der Waals surface area contributed by atoms with Gasteiger partial charge in [-0.15, -0.1) is 0 Å². The molecular formula is C20H25N3O4. The van der Waals surface area contributed by atoms with Gasteiger partial charge in [0.1, 0.15) is 0 Å². The Morgan fingerprint density at radius 1 is 1.07 bits per heavy atom. The first-order valence-electron chi connectivity index (χ1n) is 8.66. The van der Waals surface area contributed by atoms with Gasteiger partial charge in [0, 0.05) is 37.5 Å². The van der Waals surface area contributed by atoms with Crippen LogP contribution >= 0.6 is 0 Å². The van der Waals surface area contributed by atoms with Crippen LogP contribution in [0.4, 0.5) is 5.69 Å². The van der Waals surface area contributed by atoms with Crippen molar-refractivity contribution < 1.29 is 19.1 Å². The number of hydrogen-bond acceptors (Lipinski definition) is 4. The number of carbonyl (C=O) groups excluding carboxylic acids is 3. The predicted molar refractivity (Wildman–Crippen MR) is 104 cm³/mol. The first-order valence-corrected chi connectivity index (χ1v) is 8.66. The Balaban J connectivity index is 2.26.